The van der Waals surface area contributed by atoms with E-state index in [-0.39, 0.29) is 0 Å². The molecule has 3 heterocycles. The van der Waals surface area contributed by atoms with Crippen molar-refractivity contribution in [3.05, 3.63) is 41.5 Å². The van der Waals surface area contributed by atoms with Gasteiger partial charge in [0.1, 0.15) is 0 Å². The fourth-order valence-corrected chi connectivity index (χ4v) is 3.95. The molecule has 1 aromatic carbocycles. The number of anilines is 1. The number of thioether (sulfide) groups is 1. The quantitative estimate of drug-likeness (QED) is 0.545. The Morgan fingerprint density at radius 1 is 1.10 bits per heavy atom. The van der Waals surface area contributed by atoms with Crippen molar-refractivity contribution in [1.29, 1.82) is 0 Å². The highest BCUT2D eigenvalue weighted by Crippen LogP contribution is 2.29. The average molecular weight is 415 g/mol. The van der Waals surface area contributed by atoms with E-state index in [1.165, 1.54) is 5.56 Å². The predicted molar refractivity (Wildman–Crippen MR) is 112 cm³/mol. The van der Waals surface area contributed by atoms with E-state index in [9.17, 15) is 0 Å². The smallest absolute Gasteiger partial charge is 0.237 e. The van der Waals surface area contributed by atoms with Gasteiger partial charge in [0.05, 0.1) is 24.7 Å². The molecule has 1 fully saturated rings. The second-order valence-corrected chi connectivity index (χ2v) is 8.49. The summed E-state index contributed by atoms with van der Waals surface area (Å²) >= 11 is 1.55. The molecule has 154 valence electrons. The largest absolute Gasteiger partial charge is 0.378 e. The van der Waals surface area contributed by atoms with Crippen LogP contribution < -0.4 is 4.90 Å². The van der Waals surface area contributed by atoms with E-state index < -0.39 is 0 Å². The minimum Gasteiger partial charge on any atom is -0.378 e. The summed E-state index contributed by atoms with van der Waals surface area (Å²) in [5.41, 5.74) is 2.25. The number of aromatic nitrogens is 5. The molecule has 4 rings (SSSR count). The Labute approximate surface area is 174 Å². The van der Waals surface area contributed by atoms with Gasteiger partial charge in [-0.15, -0.1) is 10.2 Å². The molecule has 0 aliphatic carbocycles. The van der Waals surface area contributed by atoms with Crippen LogP contribution in [0.3, 0.4) is 0 Å². The molecule has 1 saturated heterocycles. The summed E-state index contributed by atoms with van der Waals surface area (Å²) in [5.74, 6) is 3.25. The van der Waals surface area contributed by atoms with E-state index in [1.54, 1.807) is 11.8 Å². The second kappa shape index (κ2) is 8.96. The van der Waals surface area contributed by atoms with Crippen LogP contribution in [0.15, 0.2) is 33.9 Å². The first kappa shape index (κ1) is 19.9. The number of ether oxygens (including phenoxy) is 1. The van der Waals surface area contributed by atoms with Crippen molar-refractivity contribution in [2.75, 3.05) is 31.2 Å². The summed E-state index contributed by atoms with van der Waals surface area (Å²) in [5, 5.41) is 13.8. The first-order valence-electron chi connectivity index (χ1n) is 9.89. The maximum absolute atomic E-state index is 5.49. The van der Waals surface area contributed by atoms with Crippen LogP contribution in [0.5, 0.6) is 0 Å². The Bertz CT molecular complexity index is 931. The highest BCUT2D eigenvalue weighted by Gasteiger charge is 2.22. The molecule has 0 spiro atoms. The number of hydrogen-bond donors (Lipinski definition) is 0. The van der Waals surface area contributed by atoms with Gasteiger partial charge >= 0.3 is 0 Å². The summed E-state index contributed by atoms with van der Waals surface area (Å²) in [7, 11) is 0. The second-order valence-electron chi connectivity index (χ2n) is 7.54. The summed E-state index contributed by atoms with van der Waals surface area (Å²) in [6.45, 7) is 9.37. The summed E-state index contributed by atoms with van der Waals surface area (Å²) in [6.07, 6.45) is 0.814. The molecule has 0 atom stereocenters. The fraction of sp³-hybridized carbons (Fsp3) is 0.500. The number of rotatable bonds is 7. The minimum absolute atomic E-state index is 0.494. The van der Waals surface area contributed by atoms with E-state index in [1.807, 2.05) is 0 Å². The van der Waals surface area contributed by atoms with Gasteiger partial charge in [0.15, 0.2) is 11.0 Å². The fourth-order valence-electron chi connectivity index (χ4n) is 3.17. The van der Waals surface area contributed by atoms with Gasteiger partial charge in [0, 0.05) is 19.5 Å². The Balaban J connectivity index is 1.58. The van der Waals surface area contributed by atoms with Crippen LogP contribution in [0.25, 0.3) is 5.69 Å². The maximum atomic E-state index is 5.49. The van der Waals surface area contributed by atoms with Crippen LogP contribution in [0.4, 0.5) is 5.95 Å². The third-order valence-electron chi connectivity index (χ3n) is 4.63. The monoisotopic (exact) mass is 414 g/mol. The van der Waals surface area contributed by atoms with Crippen molar-refractivity contribution >= 4 is 17.7 Å². The topological polar surface area (TPSA) is 82.1 Å². The van der Waals surface area contributed by atoms with Crippen molar-refractivity contribution < 1.29 is 9.26 Å². The molecule has 0 saturated carbocycles. The third kappa shape index (κ3) is 4.79. The summed E-state index contributed by atoms with van der Waals surface area (Å²) in [4.78, 5) is 6.71. The molecule has 9 heteroatoms. The Hall–Kier alpha value is -2.39. The van der Waals surface area contributed by atoms with Crippen LogP contribution in [0.2, 0.25) is 0 Å². The molecule has 0 N–H and O–H groups in total. The number of benzene rings is 1. The van der Waals surface area contributed by atoms with Crippen LogP contribution in [0.1, 0.15) is 31.1 Å². The Morgan fingerprint density at radius 2 is 1.86 bits per heavy atom. The van der Waals surface area contributed by atoms with Gasteiger partial charge in [0.25, 0.3) is 0 Å². The molecule has 2 aromatic heterocycles. The van der Waals surface area contributed by atoms with Gasteiger partial charge in [0.2, 0.25) is 11.8 Å². The lowest BCUT2D eigenvalue weighted by atomic mass is 10.1. The summed E-state index contributed by atoms with van der Waals surface area (Å²) in [6, 6.07) is 8.40. The van der Waals surface area contributed by atoms with Gasteiger partial charge in [-0.3, -0.25) is 4.57 Å². The van der Waals surface area contributed by atoms with Crippen molar-refractivity contribution in [3.8, 4) is 5.69 Å². The predicted octanol–water partition coefficient (Wildman–Crippen LogP) is 3.29. The standard InChI is InChI=1S/C20H26N6O2S/c1-14(2)12-17-21-18(28-24-17)13-29-20-23-22-19(25-8-10-27-11-9-25)26(20)16-6-4-15(3)5-7-16/h4-7,14H,8-13H2,1-3H3. The van der Waals surface area contributed by atoms with E-state index in [2.05, 4.69) is 74.8 Å². The van der Waals surface area contributed by atoms with Crippen LogP contribution in [0, 0.1) is 12.8 Å². The van der Waals surface area contributed by atoms with Crippen molar-refractivity contribution in [2.24, 2.45) is 5.92 Å². The Morgan fingerprint density at radius 3 is 2.59 bits per heavy atom. The minimum atomic E-state index is 0.494. The molecule has 29 heavy (non-hydrogen) atoms. The van der Waals surface area contributed by atoms with Crippen molar-refractivity contribution in [3.63, 3.8) is 0 Å². The van der Waals surface area contributed by atoms with E-state index in [0.717, 1.165) is 42.1 Å². The van der Waals surface area contributed by atoms with E-state index in [0.29, 0.717) is 30.8 Å². The third-order valence-corrected chi connectivity index (χ3v) is 5.54. The van der Waals surface area contributed by atoms with Gasteiger partial charge in [-0.05, 0) is 25.0 Å². The number of nitrogens with zero attached hydrogens (tertiary/aromatic N) is 6. The highest BCUT2D eigenvalue weighted by molar-refractivity contribution is 7.98. The van der Waals surface area contributed by atoms with Crippen LogP contribution >= 0.6 is 11.8 Å². The summed E-state index contributed by atoms with van der Waals surface area (Å²) < 4.78 is 13.0. The zero-order valence-corrected chi connectivity index (χ0v) is 17.9. The number of hydrogen-bond acceptors (Lipinski definition) is 8. The van der Waals surface area contributed by atoms with Crippen molar-refractivity contribution in [1.82, 2.24) is 24.9 Å². The lowest BCUT2D eigenvalue weighted by molar-refractivity contribution is 0.122. The first-order valence-corrected chi connectivity index (χ1v) is 10.9. The molecular weight excluding hydrogens is 388 g/mol. The van der Waals surface area contributed by atoms with E-state index >= 15 is 0 Å². The SMILES string of the molecule is Cc1ccc(-n2c(SCc3nc(CC(C)C)no3)nnc2N2CCOCC2)cc1. The zero-order chi connectivity index (χ0) is 20.2. The molecule has 3 aromatic rings. The molecule has 0 bridgehead atoms. The molecule has 8 nitrogen and oxygen atoms in total. The molecule has 0 radical (unpaired) electrons. The van der Waals surface area contributed by atoms with Gasteiger partial charge in [-0.1, -0.05) is 48.5 Å². The van der Waals surface area contributed by atoms with Gasteiger partial charge in [-0.25, -0.2) is 0 Å². The normalized spacial score (nSPS) is 14.7. The number of aryl methyl sites for hydroxylation is 1. The molecule has 0 unspecified atom stereocenters. The molecule has 1 aliphatic heterocycles. The van der Waals surface area contributed by atoms with Crippen LogP contribution in [-0.4, -0.2) is 51.2 Å². The van der Waals surface area contributed by atoms with Gasteiger partial charge in [-0.2, -0.15) is 4.98 Å². The zero-order valence-electron chi connectivity index (χ0n) is 17.0. The lowest BCUT2D eigenvalue weighted by Crippen LogP contribution is -2.37. The molecule has 1 aliphatic rings. The molecular formula is C20H26N6O2S. The molecule has 0 amide bonds. The van der Waals surface area contributed by atoms with Gasteiger partial charge < -0.3 is 14.2 Å². The van der Waals surface area contributed by atoms with Crippen LogP contribution in [-0.2, 0) is 16.9 Å². The van der Waals surface area contributed by atoms with Crippen molar-refractivity contribution in [2.45, 2.75) is 38.1 Å². The number of morpholine rings is 1. The average Bonchev–Trinajstić information content (AvgIpc) is 3.34. The Kier molecular flexibility index (Phi) is 6.15. The highest BCUT2D eigenvalue weighted by atomic mass is 32.2. The lowest BCUT2D eigenvalue weighted by Gasteiger charge is -2.27. The first-order chi connectivity index (χ1) is 14.1. The maximum Gasteiger partial charge on any atom is 0.237 e. The van der Waals surface area contributed by atoms with E-state index in [4.69, 9.17) is 9.26 Å².